The van der Waals surface area contributed by atoms with Gasteiger partial charge in [-0.2, -0.15) is 0 Å². The zero-order valence-corrected chi connectivity index (χ0v) is 30.9. The van der Waals surface area contributed by atoms with Gasteiger partial charge in [-0.05, 0) is 70.9 Å². The van der Waals surface area contributed by atoms with E-state index in [1.807, 2.05) is 38.1 Å². The van der Waals surface area contributed by atoms with E-state index in [9.17, 15) is 19.2 Å². The van der Waals surface area contributed by atoms with Crippen LogP contribution in [0.15, 0.2) is 67.3 Å². The molecule has 13 heteroatoms. The molecule has 1 unspecified atom stereocenters. The predicted molar refractivity (Wildman–Crippen MR) is 194 cm³/mol. The quantitative estimate of drug-likeness (QED) is 0.168. The number of ether oxygens (including phenoxy) is 2. The number of alkyl carbamates (subject to hydrolysis) is 1. The number of nitrogens with zero attached hydrogens (tertiary/aromatic N) is 3. The van der Waals surface area contributed by atoms with E-state index in [2.05, 4.69) is 25.9 Å². The summed E-state index contributed by atoms with van der Waals surface area (Å²) in [6, 6.07) is 13.7. The van der Waals surface area contributed by atoms with Crippen molar-refractivity contribution in [1.82, 2.24) is 30.1 Å². The van der Waals surface area contributed by atoms with E-state index in [1.54, 1.807) is 90.1 Å². The average molecular weight is 690 g/mol. The van der Waals surface area contributed by atoms with Gasteiger partial charge in [0, 0.05) is 43.8 Å². The van der Waals surface area contributed by atoms with Crippen LogP contribution in [0, 0.1) is 0 Å². The Bertz CT molecular complexity index is 1790. The fourth-order valence-electron chi connectivity index (χ4n) is 5.26. The van der Waals surface area contributed by atoms with Crippen LogP contribution in [0.3, 0.4) is 0 Å². The Morgan fingerprint density at radius 1 is 0.960 bits per heavy atom. The van der Waals surface area contributed by atoms with Gasteiger partial charge in [0.15, 0.2) is 5.82 Å². The lowest BCUT2D eigenvalue weighted by Gasteiger charge is -2.33. The van der Waals surface area contributed by atoms with E-state index in [0.717, 1.165) is 16.5 Å². The minimum Gasteiger partial charge on any atom is -0.497 e. The van der Waals surface area contributed by atoms with Gasteiger partial charge in [-0.3, -0.25) is 14.4 Å². The summed E-state index contributed by atoms with van der Waals surface area (Å²) in [5, 5.41) is 9.11. The number of amides is 4. The first-order valence-electron chi connectivity index (χ1n) is 16.5. The molecule has 2 aromatic heterocycles. The molecule has 270 valence electrons. The number of anilines is 1. The van der Waals surface area contributed by atoms with Crippen LogP contribution in [0.2, 0.25) is 0 Å². The summed E-state index contributed by atoms with van der Waals surface area (Å²) < 4.78 is 12.3. The van der Waals surface area contributed by atoms with Crippen molar-refractivity contribution in [1.29, 1.82) is 0 Å². The van der Waals surface area contributed by atoms with E-state index in [4.69, 9.17) is 9.47 Å². The molecule has 4 rings (SSSR count). The van der Waals surface area contributed by atoms with E-state index in [0.29, 0.717) is 11.3 Å². The number of aromatic amines is 1. The number of rotatable bonds is 11. The molecule has 0 radical (unpaired) electrons. The van der Waals surface area contributed by atoms with E-state index >= 15 is 0 Å². The van der Waals surface area contributed by atoms with Crippen molar-refractivity contribution in [3.8, 4) is 5.75 Å². The van der Waals surface area contributed by atoms with Gasteiger partial charge in [0.05, 0.1) is 13.4 Å². The highest BCUT2D eigenvalue weighted by molar-refractivity contribution is 5.99. The van der Waals surface area contributed by atoms with Gasteiger partial charge in [0.1, 0.15) is 28.5 Å². The Balaban J connectivity index is 0.00000332. The van der Waals surface area contributed by atoms with Crippen molar-refractivity contribution in [2.24, 2.45) is 0 Å². The van der Waals surface area contributed by atoms with Crippen LogP contribution in [0.1, 0.15) is 66.5 Å². The average Bonchev–Trinajstić information content (AvgIpc) is 3.71. The molecule has 0 bridgehead atoms. The highest BCUT2D eigenvalue weighted by Gasteiger charge is 2.39. The minimum atomic E-state index is -1.42. The summed E-state index contributed by atoms with van der Waals surface area (Å²) in [5.74, 6) is -0.535. The van der Waals surface area contributed by atoms with Crippen molar-refractivity contribution in [2.45, 2.75) is 84.5 Å². The maximum Gasteiger partial charge on any atom is 0.408 e. The second-order valence-electron chi connectivity index (χ2n) is 13.5. The largest absolute Gasteiger partial charge is 0.497 e. The van der Waals surface area contributed by atoms with Crippen molar-refractivity contribution >= 4 is 40.5 Å². The van der Waals surface area contributed by atoms with Crippen molar-refractivity contribution < 1.29 is 28.7 Å². The molecule has 2 aromatic carbocycles. The minimum absolute atomic E-state index is 0.132. The lowest BCUT2D eigenvalue weighted by molar-refractivity contribution is -0.135. The lowest BCUT2D eigenvalue weighted by atomic mass is 9.90. The Hall–Kier alpha value is -5.33. The number of imidazole rings is 1. The molecule has 4 aromatic rings. The number of carbonyl (C=O) groups excluding carboxylic acids is 4. The molecule has 0 fully saturated rings. The number of hydrogen-bond donors (Lipinski definition) is 4. The van der Waals surface area contributed by atoms with Crippen LogP contribution < -0.4 is 20.7 Å². The zero-order valence-electron chi connectivity index (χ0n) is 30.9. The topological polar surface area (TPSA) is 160 Å². The molecule has 2 heterocycles. The number of fused-ring (bicyclic) bond motifs is 1. The lowest BCUT2D eigenvalue weighted by Crippen LogP contribution is -2.59. The van der Waals surface area contributed by atoms with E-state index in [-0.39, 0.29) is 18.1 Å². The molecule has 0 aliphatic heterocycles. The Morgan fingerprint density at radius 3 is 2.20 bits per heavy atom. The van der Waals surface area contributed by atoms with Gasteiger partial charge in [0.2, 0.25) is 11.8 Å². The first kappa shape index (κ1) is 39.1. The smallest absolute Gasteiger partial charge is 0.408 e. The predicted octanol–water partition coefficient (Wildman–Crippen LogP) is 5.22. The van der Waals surface area contributed by atoms with Gasteiger partial charge in [0.25, 0.3) is 5.91 Å². The van der Waals surface area contributed by atoms with Crippen molar-refractivity contribution in [3.63, 3.8) is 0 Å². The number of carbonyl (C=O) groups is 4. The number of likely N-dealkylation sites (N-methyl/N-ethyl adjacent to an activating group) is 1. The molecule has 0 aliphatic carbocycles. The highest BCUT2D eigenvalue weighted by atomic mass is 16.6. The maximum atomic E-state index is 13.9. The standard InChI is InChI=1S/C35H45N7O6.C2H6/c1-33(2,3)48-32(46)40-34(4,5)30(44)38-27(18-22-19-36-26-13-11-10-12-25(22)26)29(43)39-28-20-42(21-37-28)35(6,31(45)41(7)8)23-14-16-24(47-9)17-15-23;1-2/h10-17,19-21,27,36H,18H2,1-9H3,(H,38,44)(H,39,43)(H,40,46);1-2H3/t27-,35?;/m1./s1. The van der Waals surface area contributed by atoms with Crippen LogP contribution in [0.5, 0.6) is 5.75 Å². The third-order valence-electron chi connectivity index (χ3n) is 7.93. The summed E-state index contributed by atoms with van der Waals surface area (Å²) in [4.78, 5) is 62.6. The molecule has 2 atom stereocenters. The molecule has 0 saturated carbocycles. The van der Waals surface area contributed by atoms with Crippen molar-refractivity contribution in [2.75, 3.05) is 26.5 Å². The van der Waals surface area contributed by atoms with Gasteiger partial charge >= 0.3 is 6.09 Å². The SMILES string of the molecule is CC.COc1ccc(C(C)(C(=O)N(C)C)n2cnc(NC(=O)[C@@H](Cc3c[nH]c4ccccc34)NC(=O)C(C)(C)NC(=O)OC(C)(C)C)c2)cc1. The molecular weight excluding hydrogens is 638 g/mol. The zero-order chi connectivity index (χ0) is 37.4. The van der Waals surface area contributed by atoms with Gasteiger partial charge in [-0.25, -0.2) is 9.78 Å². The van der Waals surface area contributed by atoms with Crippen LogP contribution in [-0.4, -0.2) is 81.6 Å². The molecule has 0 spiro atoms. The molecule has 50 heavy (non-hydrogen) atoms. The molecule has 0 aliphatic rings. The number of para-hydroxylation sites is 1. The Morgan fingerprint density at radius 2 is 1.60 bits per heavy atom. The number of methoxy groups -OCH3 is 1. The number of nitrogens with one attached hydrogen (secondary N) is 4. The van der Waals surface area contributed by atoms with E-state index in [1.165, 1.54) is 25.1 Å². The summed E-state index contributed by atoms with van der Waals surface area (Å²) in [7, 11) is 4.90. The maximum absolute atomic E-state index is 13.9. The van der Waals surface area contributed by atoms with Crippen LogP contribution in [0.4, 0.5) is 10.6 Å². The van der Waals surface area contributed by atoms with Gasteiger partial charge in [-0.1, -0.05) is 44.2 Å². The van der Waals surface area contributed by atoms with Crippen LogP contribution in [-0.2, 0) is 31.1 Å². The summed E-state index contributed by atoms with van der Waals surface area (Å²) >= 11 is 0. The fraction of sp³-hybridized carbons (Fsp3) is 0.432. The first-order valence-corrected chi connectivity index (χ1v) is 16.5. The number of H-pyrrole nitrogens is 1. The summed E-state index contributed by atoms with van der Waals surface area (Å²) in [6.45, 7) is 14.0. The third-order valence-corrected chi connectivity index (χ3v) is 7.93. The van der Waals surface area contributed by atoms with E-state index < -0.39 is 40.6 Å². The second-order valence-corrected chi connectivity index (χ2v) is 13.5. The highest BCUT2D eigenvalue weighted by Crippen LogP contribution is 2.31. The molecule has 13 nitrogen and oxygen atoms in total. The molecule has 0 saturated heterocycles. The van der Waals surface area contributed by atoms with Crippen LogP contribution in [0.25, 0.3) is 10.9 Å². The number of hydrogen-bond acceptors (Lipinski definition) is 7. The molecular formula is C37H51N7O6. The van der Waals surface area contributed by atoms with Crippen LogP contribution >= 0.6 is 0 Å². The first-order chi connectivity index (χ1) is 23.4. The normalized spacial score (nSPS) is 13.2. The van der Waals surface area contributed by atoms with Gasteiger partial charge < -0.3 is 39.9 Å². The number of aromatic nitrogens is 3. The molecule has 4 N–H and O–H groups in total. The second kappa shape index (κ2) is 15.9. The summed E-state index contributed by atoms with van der Waals surface area (Å²) in [5.41, 5.74) is -1.03. The molecule has 4 amide bonds. The van der Waals surface area contributed by atoms with Crippen molar-refractivity contribution in [3.05, 3.63) is 78.4 Å². The van der Waals surface area contributed by atoms with Gasteiger partial charge in [-0.15, -0.1) is 0 Å². The Labute approximate surface area is 294 Å². The number of benzene rings is 2. The third kappa shape index (κ3) is 9.21. The Kier molecular flexibility index (Phi) is 12.5. The fourth-order valence-corrected chi connectivity index (χ4v) is 5.26. The summed E-state index contributed by atoms with van der Waals surface area (Å²) in [6.07, 6.45) is 4.21. The monoisotopic (exact) mass is 689 g/mol.